The molecule has 1 N–H and O–H groups in total. The van der Waals surface area contributed by atoms with Gasteiger partial charge in [0.05, 0.1) is 0 Å². The van der Waals surface area contributed by atoms with Crippen molar-refractivity contribution in [3.8, 4) is 0 Å². The summed E-state index contributed by atoms with van der Waals surface area (Å²) in [5.41, 5.74) is 0. The number of hydrogen-bond donors (Lipinski definition) is 1. The van der Waals surface area contributed by atoms with E-state index in [1.54, 1.807) is 0 Å². The van der Waals surface area contributed by atoms with Crippen molar-refractivity contribution >= 4 is 5.91 Å². The van der Waals surface area contributed by atoms with Crippen LogP contribution in [-0.4, -0.2) is 61.0 Å². The average molecular weight is 269 g/mol. The molecule has 0 spiro atoms. The highest BCUT2D eigenvalue weighted by Crippen LogP contribution is 2.20. The Morgan fingerprint density at radius 3 is 2.53 bits per heavy atom. The molecule has 3 atom stereocenters. The van der Waals surface area contributed by atoms with Gasteiger partial charge in [0.1, 0.15) is 0 Å². The van der Waals surface area contributed by atoms with Gasteiger partial charge in [-0.05, 0) is 40.2 Å². The Hall–Kier alpha value is -0.610. The van der Waals surface area contributed by atoms with E-state index in [0.717, 1.165) is 26.2 Å². The topological polar surface area (TPSA) is 35.6 Å². The number of hydrogen-bond acceptors (Lipinski definition) is 3. The first kappa shape index (κ1) is 16.4. The van der Waals surface area contributed by atoms with Crippen LogP contribution < -0.4 is 5.32 Å². The predicted molar refractivity (Wildman–Crippen MR) is 80.2 cm³/mol. The minimum atomic E-state index is 0.270. The lowest BCUT2D eigenvalue weighted by molar-refractivity contribution is -0.130. The van der Waals surface area contributed by atoms with Crippen LogP contribution in [-0.2, 0) is 4.79 Å². The van der Waals surface area contributed by atoms with Crippen LogP contribution in [0.4, 0.5) is 0 Å². The van der Waals surface area contributed by atoms with Crippen LogP contribution in [0.15, 0.2) is 0 Å². The molecule has 1 heterocycles. The third-order valence-corrected chi connectivity index (χ3v) is 4.47. The number of amides is 1. The molecule has 1 fully saturated rings. The van der Waals surface area contributed by atoms with Crippen LogP contribution in [0.3, 0.4) is 0 Å². The lowest BCUT2D eigenvalue weighted by atomic mass is 9.90. The molecular weight excluding hydrogens is 238 g/mol. The number of likely N-dealkylation sites (tertiary alicyclic amines) is 1. The maximum atomic E-state index is 11.9. The number of nitrogens with one attached hydrogen (secondary N) is 1. The van der Waals surface area contributed by atoms with Gasteiger partial charge in [-0.1, -0.05) is 6.92 Å². The fraction of sp³-hybridized carbons (Fsp3) is 0.933. The summed E-state index contributed by atoms with van der Waals surface area (Å²) in [6, 6.07) is 1.18. The second kappa shape index (κ2) is 7.85. The maximum Gasteiger partial charge on any atom is 0.223 e. The summed E-state index contributed by atoms with van der Waals surface area (Å²) in [7, 11) is 2.20. The predicted octanol–water partition coefficient (Wildman–Crippen LogP) is 1.56. The Balaban J connectivity index is 2.31. The van der Waals surface area contributed by atoms with E-state index in [1.807, 2.05) is 18.7 Å². The van der Waals surface area contributed by atoms with E-state index in [2.05, 4.69) is 31.1 Å². The highest BCUT2D eigenvalue weighted by molar-refractivity contribution is 5.76. The van der Waals surface area contributed by atoms with E-state index in [4.69, 9.17) is 0 Å². The number of carbonyl (C=O) groups is 1. The van der Waals surface area contributed by atoms with Gasteiger partial charge in [0.2, 0.25) is 5.91 Å². The lowest BCUT2D eigenvalue weighted by Crippen LogP contribution is -2.51. The zero-order valence-electron chi connectivity index (χ0n) is 13.3. The second-order valence-corrected chi connectivity index (χ2v) is 5.88. The van der Waals surface area contributed by atoms with Crippen molar-refractivity contribution < 1.29 is 4.79 Å². The molecular formula is C15H31N3O. The first-order valence-corrected chi connectivity index (χ1v) is 7.70. The van der Waals surface area contributed by atoms with Crippen molar-refractivity contribution in [2.24, 2.45) is 5.92 Å². The van der Waals surface area contributed by atoms with Crippen molar-refractivity contribution in [1.82, 2.24) is 15.1 Å². The quantitative estimate of drug-likeness (QED) is 0.795. The summed E-state index contributed by atoms with van der Waals surface area (Å²) in [6.07, 6.45) is 1.80. The smallest absolute Gasteiger partial charge is 0.223 e. The number of carbonyl (C=O) groups excluding carboxylic acids is 1. The van der Waals surface area contributed by atoms with Gasteiger partial charge >= 0.3 is 0 Å². The molecule has 1 amide bonds. The van der Waals surface area contributed by atoms with Crippen molar-refractivity contribution in [2.45, 2.75) is 52.6 Å². The third-order valence-electron chi connectivity index (χ3n) is 4.47. The van der Waals surface area contributed by atoms with E-state index in [0.29, 0.717) is 24.4 Å². The van der Waals surface area contributed by atoms with Gasteiger partial charge < -0.3 is 15.1 Å². The normalized spacial score (nSPS) is 28.4. The summed E-state index contributed by atoms with van der Waals surface area (Å²) < 4.78 is 0. The van der Waals surface area contributed by atoms with Crippen LogP contribution in [0.2, 0.25) is 0 Å². The summed E-state index contributed by atoms with van der Waals surface area (Å²) in [6.45, 7) is 12.2. The minimum absolute atomic E-state index is 0.270. The average Bonchev–Trinajstić information content (AvgIpc) is 2.37. The van der Waals surface area contributed by atoms with E-state index in [1.165, 1.54) is 6.42 Å². The molecule has 4 nitrogen and oxygen atoms in total. The fourth-order valence-corrected chi connectivity index (χ4v) is 2.92. The molecule has 0 saturated carbocycles. The Kier molecular flexibility index (Phi) is 6.80. The molecule has 0 bridgehead atoms. The molecule has 1 aliphatic rings. The van der Waals surface area contributed by atoms with Crippen LogP contribution in [0.5, 0.6) is 0 Å². The third kappa shape index (κ3) is 4.77. The number of piperidine rings is 1. The molecule has 1 rings (SSSR count). The van der Waals surface area contributed by atoms with Gasteiger partial charge in [0.25, 0.3) is 0 Å². The van der Waals surface area contributed by atoms with Crippen molar-refractivity contribution in [3.63, 3.8) is 0 Å². The minimum Gasteiger partial charge on any atom is -0.343 e. The van der Waals surface area contributed by atoms with Gasteiger partial charge in [0, 0.05) is 44.7 Å². The highest BCUT2D eigenvalue weighted by Gasteiger charge is 2.28. The van der Waals surface area contributed by atoms with Crippen molar-refractivity contribution in [1.29, 1.82) is 0 Å². The van der Waals surface area contributed by atoms with E-state index >= 15 is 0 Å². The molecule has 1 aliphatic heterocycles. The molecule has 0 aromatic carbocycles. The number of nitrogens with zero attached hydrogens (tertiary/aromatic N) is 2. The highest BCUT2D eigenvalue weighted by atomic mass is 16.2. The SMILES string of the molecule is CCN(CC)C(=O)CCNC1CC(C)N(C)CC1C. The second-order valence-electron chi connectivity index (χ2n) is 5.88. The molecule has 1 saturated heterocycles. The molecule has 0 aromatic rings. The summed E-state index contributed by atoms with van der Waals surface area (Å²) in [5.74, 6) is 0.927. The molecule has 3 unspecified atom stereocenters. The zero-order chi connectivity index (χ0) is 14.4. The Labute approximate surface area is 118 Å². The van der Waals surface area contributed by atoms with E-state index < -0.39 is 0 Å². The maximum absolute atomic E-state index is 11.9. The summed E-state index contributed by atoms with van der Waals surface area (Å²) in [4.78, 5) is 16.2. The Bertz CT molecular complexity index is 279. The van der Waals surface area contributed by atoms with E-state index in [9.17, 15) is 4.79 Å². The lowest BCUT2D eigenvalue weighted by Gasteiger charge is -2.40. The molecule has 4 heteroatoms. The zero-order valence-corrected chi connectivity index (χ0v) is 13.3. The summed E-state index contributed by atoms with van der Waals surface area (Å²) >= 11 is 0. The van der Waals surface area contributed by atoms with Gasteiger partial charge in [0.15, 0.2) is 0 Å². The van der Waals surface area contributed by atoms with Crippen LogP contribution in [0.1, 0.15) is 40.5 Å². The van der Waals surface area contributed by atoms with Crippen LogP contribution in [0, 0.1) is 5.92 Å². The van der Waals surface area contributed by atoms with Gasteiger partial charge in [-0.25, -0.2) is 0 Å². The standard InChI is InChI=1S/C15H31N3O/c1-6-18(7-2)15(19)8-9-16-14-10-13(4)17(5)11-12(14)3/h12-14,16H,6-11H2,1-5H3. The molecule has 19 heavy (non-hydrogen) atoms. The molecule has 0 aromatic heterocycles. The number of rotatable bonds is 6. The van der Waals surface area contributed by atoms with Crippen molar-refractivity contribution in [2.75, 3.05) is 33.2 Å². The molecule has 0 radical (unpaired) electrons. The fourth-order valence-electron chi connectivity index (χ4n) is 2.92. The Morgan fingerprint density at radius 2 is 1.95 bits per heavy atom. The van der Waals surface area contributed by atoms with Gasteiger partial charge in [-0.2, -0.15) is 0 Å². The van der Waals surface area contributed by atoms with Crippen LogP contribution in [0.25, 0.3) is 0 Å². The van der Waals surface area contributed by atoms with Gasteiger partial charge in [-0.15, -0.1) is 0 Å². The first-order valence-electron chi connectivity index (χ1n) is 7.70. The van der Waals surface area contributed by atoms with Gasteiger partial charge in [-0.3, -0.25) is 4.79 Å². The van der Waals surface area contributed by atoms with E-state index in [-0.39, 0.29) is 5.91 Å². The van der Waals surface area contributed by atoms with Crippen LogP contribution >= 0.6 is 0 Å². The Morgan fingerprint density at radius 1 is 1.32 bits per heavy atom. The molecule has 0 aliphatic carbocycles. The summed E-state index contributed by atoms with van der Waals surface area (Å²) in [5, 5.41) is 3.58. The first-order chi connectivity index (χ1) is 8.99. The largest absolute Gasteiger partial charge is 0.343 e. The monoisotopic (exact) mass is 269 g/mol. The van der Waals surface area contributed by atoms with Crippen molar-refractivity contribution in [3.05, 3.63) is 0 Å². The molecule has 112 valence electrons.